The van der Waals surface area contributed by atoms with Gasteiger partial charge < -0.3 is 10.1 Å². The van der Waals surface area contributed by atoms with E-state index in [1.807, 2.05) is 29.0 Å². The van der Waals surface area contributed by atoms with Crippen molar-refractivity contribution >= 4 is 62.2 Å². The van der Waals surface area contributed by atoms with Gasteiger partial charge in [0.25, 0.3) is 5.56 Å². The molecule has 33 heavy (non-hydrogen) atoms. The molecule has 7 nitrogen and oxygen atoms in total. The van der Waals surface area contributed by atoms with Gasteiger partial charge in [-0.25, -0.2) is 9.78 Å². The Morgan fingerprint density at radius 3 is 2.67 bits per heavy atom. The molecule has 0 saturated heterocycles. The zero-order chi connectivity index (χ0) is 23.2. The fourth-order valence-electron chi connectivity index (χ4n) is 3.14. The number of thiophene rings is 2. The van der Waals surface area contributed by atoms with Crippen molar-refractivity contribution < 1.29 is 14.3 Å². The van der Waals surface area contributed by atoms with Crippen LogP contribution in [0, 0.1) is 0 Å². The molecular weight excluding hydrogens is 478 g/mol. The van der Waals surface area contributed by atoms with E-state index in [0.29, 0.717) is 39.8 Å². The van der Waals surface area contributed by atoms with E-state index in [2.05, 4.69) is 10.3 Å². The van der Waals surface area contributed by atoms with Gasteiger partial charge in [0.05, 0.1) is 23.4 Å². The van der Waals surface area contributed by atoms with Crippen LogP contribution in [0.5, 0.6) is 0 Å². The molecule has 0 aliphatic rings. The molecule has 3 aromatic heterocycles. The van der Waals surface area contributed by atoms with Crippen LogP contribution in [0.15, 0.2) is 63.2 Å². The lowest BCUT2D eigenvalue weighted by Gasteiger charge is -2.12. The van der Waals surface area contributed by atoms with Crippen molar-refractivity contribution in [2.45, 2.75) is 25.0 Å². The van der Waals surface area contributed by atoms with Crippen molar-refractivity contribution in [3.63, 3.8) is 0 Å². The normalized spacial score (nSPS) is 10.9. The third-order valence-electron chi connectivity index (χ3n) is 4.70. The zero-order valence-corrected chi connectivity index (χ0v) is 20.2. The van der Waals surface area contributed by atoms with Crippen LogP contribution in [-0.2, 0) is 22.5 Å². The molecule has 4 aromatic rings. The van der Waals surface area contributed by atoms with Gasteiger partial charge in [-0.05, 0) is 60.5 Å². The molecule has 3 heterocycles. The molecule has 0 unspecified atom stereocenters. The van der Waals surface area contributed by atoms with Crippen molar-refractivity contribution in [2.75, 3.05) is 17.7 Å². The Hall–Kier alpha value is -2.95. The number of carbonyl (C=O) groups excluding carboxylic acids is 2. The zero-order valence-electron chi connectivity index (χ0n) is 17.8. The van der Waals surface area contributed by atoms with E-state index in [9.17, 15) is 14.4 Å². The Bertz CT molecular complexity index is 1310. The molecule has 4 rings (SSSR count). The van der Waals surface area contributed by atoms with E-state index < -0.39 is 5.97 Å². The number of aryl methyl sites for hydroxylation is 1. The molecule has 10 heteroatoms. The van der Waals surface area contributed by atoms with Crippen LogP contribution in [0.1, 0.15) is 22.2 Å². The number of hydrogen-bond donors (Lipinski definition) is 1. The highest BCUT2D eigenvalue weighted by atomic mass is 32.2. The second-order valence-corrected chi connectivity index (χ2v) is 9.84. The van der Waals surface area contributed by atoms with E-state index >= 15 is 0 Å². The van der Waals surface area contributed by atoms with Crippen molar-refractivity contribution in [3.05, 3.63) is 74.0 Å². The van der Waals surface area contributed by atoms with Gasteiger partial charge in [0.1, 0.15) is 4.70 Å². The standard InChI is InChI=1S/C23H21N3O4S3/c1-2-30-22(29)15-5-7-16(8-6-15)24-19(27)14-33-23-25-18-10-13-32-20(18)21(28)26(23)11-9-17-4-3-12-31-17/h3-8,10,12-13H,2,9,11,14H2,1H3,(H,24,27). The molecule has 1 N–H and O–H groups in total. The highest BCUT2D eigenvalue weighted by molar-refractivity contribution is 7.99. The minimum atomic E-state index is -0.402. The predicted octanol–water partition coefficient (Wildman–Crippen LogP) is 4.67. The number of rotatable bonds is 9. The first kappa shape index (κ1) is 23.2. The Morgan fingerprint density at radius 1 is 1.12 bits per heavy atom. The first-order chi connectivity index (χ1) is 16.0. The van der Waals surface area contributed by atoms with E-state index in [4.69, 9.17) is 4.74 Å². The number of aromatic nitrogens is 2. The van der Waals surface area contributed by atoms with Crippen LogP contribution < -0.4 is 10.9 Å². The lowest BCUT2D eigenvalue weighted by Crippen LogP contribution is -2.24. The average Bonchev–Trinajstić information content (AvgIpc) is 3.50. The summed E-state index contributed by atoms with van der Waals surface area (Å²) in [5, 5.41) is 7.19. The summed E-state index contributed by atoms with van der Waals surface area (Å²) >= 11 is 4.26. The number of fused-ring (bicyclic) bond motifs is 1. The molecule has 0 bridgehead atoms. The van der Waals surface area contributed by atoms with Gasteiger partial charge in [0.2, 0.25) is 5.91 Å². The highest BCUT2D eigenvalue weighted by Crippen LogP contribution is 2.22. The topological polar surface area (TPSA) is 90.3 Å². The van der Waals surface area contributed by atoms with Crippen molar-refractivity contribution in [1.29, 1.82) is 0 Å². The Kier molecular flexibility index (Phi) is 7.58. The summed E-state index contributed by atoms with van der Waals surface area (Å²) in [5.74, 6) is -0.532. The number of amides is 1. The number of anilines is 1. The van der Waals surface area contributed by atoms with Gasteiger partial charge in [0.15, 0.2) is 5.16 Å². The van der Waals surface area contributed by atoms with Gasteiger partial charge in [-0.1, -0.05) is 17.8 Å². The SMILES string of the molecule is CCOC(=O)c1ccc(NC(=O)CSc2nc3ccsc3c(=O)n2CCc2cccs2)cc1. The summed E-state index contributed by atoms with van der Waals surface area (Å²) in [6.45, 7) is 2.55. The van der Waals surface area contributed by atoms with Gasteiger partial charge in [-0.2, -0.15) is 0 Å². The van der Waals surface area contributed by atoms with Crippen LogP contribution in [0.2, 0.25) is 0 Å². The quantitative estimate of drug-likeness (QED) is 0.204. The van der Waals surface area contributed by atoms with Gasteiger partial charge in [0, 0.05) is 17.1 Å². The number of nitrogens with zero attached hydrogens (tertiary/aromatic N) is 2. The first-order valence-corrected chi connectivity index (χ1v) is 13.0. The summed E-state index contributed by atoms with van der Waals surface area (Å²) in [7, 11) is 0. The van der Waals surface area contributed by atoms with Crippen LogP contribution in [0.4, 0.5) is 5.69 Å². The smallest absolute Gasteiger partial charge is 0.338 e. The van der Waals surface area contributed by atoms with Crippen LogP contribution in [0.3, 0.4) is 0 Å². The molecule has 0 fully saturated rings. The number of carbonyl (C=O) groups is 2. The lowest BCUT2D eigenvalue weighted by atomic mass is 10.2. The number of hydrogen-bond acceptors (Lipinski definition) is 8. The van der Waals surface area contributed by atoms with Gasteiger partial charge in [-0.3, -0.25) is 14.2 Å². The monoisotopic (exact) mass is 499 g/mol. The van der Waals surface area contributed by atoms with E-state index in [1.165, 1.54) is 28.0 Å². The molecule has 0 atom stereocenters. The minimum Gasteiger partial charge on any atom is -0.462 e. The summed E-state index contributed by atoms with van der Waals surface area (Å²) in [6.07, 6.45) is 0.725. The fraction of sp³-hybridized carbons (Fsp3) is 0.217. The van der Waals surface area contributed by atoms with Crippen molar-refractivity contribution in [3.8, 4) is 0 Å². The van der Waals surface area contributed by atoms with Crippen LogP contribution in [0.25, 0.3) is 10.2 Å². The lowest BCUT2D eigenvalue weighted by molar-refractivity contribution is -0.113. The van der Waals surface area contributed by atoms with Crippen molar-refractivity contribution in [2.24, 2.45) is 0 Å². The average molecular weight is 500 g/mol. The molecule has 0 aliphatic carbocycles. The van der Waals surface area contributed by atoms with Crippen LogP contribution in [-0.4, -0.2) is 33.8 Å². The van der Waals surface area contributed by atoms with Gasteiger partial charge >= 0.3 is 5.97 Å². The Labute approximate surface area is 202 Å². The minimum absolute atomic E-state index is 0.0796. The molecular formula is C23H21N3O4S3. The third kappa shape index (κ3) is 5.70. The number of thioether (sulfide) groups is 1. The van der Waals surface area contributed by atoms with Crippen LogP contribution >= 0.6 is 34.4 Å². The summed E-state index contributed by atoms with van der Waals surface area (Å²) < 4.78 is 7.24. The van der Waals surface area contributed by atoms with E-state index in [0.717, 1.165) is 6.42 Å². The number of ether oxygens (including phenoxy) is 1. The molecule has 170 valence electrons. The maximum atomic E-state index is 13.0. The first-order valence-electron chi connectivity index (χ1n) is 10.3. The summed E-state index contributed by atoms with van der Waals surface area (Å²) in [5.41, 5.74) is 1.57. The Balaban J connectivity index is 1.44. The highest BCUT2D eigenvalue weighted by Gasteiger charge is 2.15. The number of benzene rings is 1. The second-order valence-electron chi connectivity index (χ2n) is 6.95. The molecule has 0 spiro atoms. The molecule has 1 amide bonds. The fourth-order valence-corrected chi connectivity index (χ4v) is 5.44. The largest absolute Gasteiger partial charge is 0.462 e. The maximum absolute atomic E-state index is 13.0. The van der Waals surface area contributed by atoms with Crippen molar-refractivity contribution in [1.82, 2.24) is 9.55 Å². The maximum Gasteiger partial charge on any atom is 0.338 e. The number of nitrogens with one attached hydrogen (secondary N) is 1. The van der Waals surface area contributed by atoms with E-state index in [-0.39, 0.29) is 17.2 Å². The molecule has 0 aliphatic heterocycles. The van der Waals surface area contributed by atoms with Gasteiger partial charge in [-0.15, -0.1) is 22.7 Å². The predicted molar refractivity (Wildman–Crippen MR) is 134 cm³/mol. The molecule has 1 aromatic carbocycles. The molecule has 0 saturated carbocycles. The summed E-state index contributed by atoms with van der Waals surface area (Å²) in [4.78, 5) is 43.1. The van der Waals surface area contributed by atoms with E-state index in [1.54, 1.807) is 47.1 Å². The summed E-state index contributed by atoms with van der Waals surface area (Å²) in [6, 6.07) is 12.4. The number of esters is 1. The molecule has 0 radical (unpaired) electrons. The second kappa shape index (κ2) is 10.8. The third-order valence-corrected chi connectivity index (χ3v) is 7.51. The Morgan fingerprint density at radius 2 is 1.94 bits per heavy atom.